The second kappa shape index (κ2) is 6.43. The largest absolute Gasteiger partial charge is 0.492 e. The summed E-state index contributed by atoms with van der Waals surface area (Å²) in [7, 11) is 0. The second-order valence-electron chi connectivity index (χ2n) is 4.42. The van der Waals surface area contributed by atoms with E-state index in [1.54, 1.807) is 18.2 Å². The summed E-state index contributed by atoms with van der Waals surface area (Å²) in [5, 5.41) is 0. The Balaban J connectivity index is 1.92. The molecule has 5 nitrogen and oxygen atoms in total. The van der Waals surface area contributed by atoms with Gasteiger partial charge >= 0.3 is 5.97 Å². The van der Waals surface area contributed by atoms with Gasteiger partial charge in [-0.25, -0.2) is 4.79 Å². The number of hydrogen-bond donors (Lipinski definition) is 1. The molecule has 1 aliphatic rings. The summed E-state index contributed by atoms with van der Waals surface area (Å²) in [6.07, 6.45) is 2.00. The summed E-state index contributed by atoms with van der Waals surface area (Å²) in [5.41, 5.74) is 6.67. The van der Waals surface area contributed by atoms with E-state index in [1.807, 2.05) is 6.92 Å². The van der Waals surface area contributed by atoms with Crippen LogP contribution in [0.1, 0.15) is 30.1 Å². The molecule has 2 N–H and O–H groups in total. The molecule has 1 aliphatic heterocycles. The van der Waals surface area contributed by atoms with E-state index >= 15 is 0 Å². The molecule has 0 aromatic heterocycles. The van der Waals surface area contributed by atoms with Crippen molar-refractivity contribution in [3.8, 4) is 5.75 Å². The maximum absolute atomic E-state index is 11.8. The summed E-state index contributed by atoms with van der Waals surface area (Å²) in [5.74, 6) is 0.198. The van der Waals surface area contributed by atoms with Gasteiger partial charge in [0.2, 0.25) is 0 Å². The summed E-state index contributed by atoms with van der Waals surface area (Å²) in [4.78, 5) is 11.8. The lowest BCUT2D eigenvalue weighted by Gasteiger charge is -2.11. The van der Waals surface area contributed by atoms with Crippen LogP contribution in [0.3, 0.4) is 0 Å². The minimum atomic E-state index is -0.384. The van der Waals surface area contributed by atoms with Gasteiger partial charge in [0.05, 0.1) is 24.0 Å². The lowest BCUT2D eigenvalue weighted by Crippen LogP contribution is -2.18. The molecule has 1 heterocycles. The van der Waals surface area contributed by atoms with Crippen LogP contribution in [0, 0.1) is 0 Å². The molecule has 1 aromatic rings. The average Bonchev–Trinajstić information content (AvgIpc) is 2.91. The third-order valence-electron chi connectivity index (χ3n) is 2.97. The van der Waals surface area contributed by atoms with Crippen molar-refractivity contribution in [2.75, 3.05) is 25.6 Å². The van der Waals surface area contributed by atoms with Gasteiger partial charge in [0.25, 0.3) is 0 Å². The predicted octanol–water partition coefficient (Wildman–Crippen LogP) is 2.00. The molecule has 1 atom stereocenters. The van der Waals surface area contributed by atoms with Gasteiger partial charge < -0.3 is 19.9 Å². The minimum absolute atomic E-state index is 0.0315. The number of hydrogen-bond acceptors (Lipinski definition) is 5. The maximum atomic E-state index is 11.8. The molecule has 0 radical (unpaired) electrons. The average molecular weight is 265 g/mol. The highest BCUT2D eigenvalue weighted by molar-refractivity contribution is 5.91. The van der Waals surface area contributed by atoms with Crippen LogP contribution in [-0.2, 0) is 9.47 Å². The Labute approximate surface area is 112 Å². The second-order valence-corrected chi connectivity index (χ2v) is 4.42. The summed E-state index contributed by atoms with van der Waals surface area (Å²) < 4.78 is 15.9. The number of esters is 1. The Bertz CT molecular complexity index is 441. The van der Waals surface area contributed by atoms with E-state index in [0.29, 0.717) is 30.2 Å². The predicted molar refractivity (Wildman–Crippen MR) is 71.3 cm³/mol. The maximum Gasteiger partial charge on any atom is 0.338 e. The van der Waals surface area contributed by atoms with Crippen molar-refractivity contribution in [3.05, 3.63) is 23.8 Å². The Morgan fingerprint density at radius 3 is 3.00 bits per heavy atom. The highest BCUT2D eigenvalue weighted by atomic mass is 16.6. The molecule has 19 heavy (non-hydrogen) atoms. The molecule has 0 aliphatic carbocycles. The highest BCUT2D eigenvalue weighted by Gasteiger charge is 2.18. The number of carbonyl (C=O) groups is 1. The number of carbonyl (C=O) groups excluding carboxylic acids is 1. The first-order valence-electron chi connectivity index (χ1n) is 6.51. The molecule has 1 aromatic carbocycles. The van der Waals surface area contributed by atoms with Crippen molar-refractivity contribution in [1.29, 1.82) is 0 Å². The Kier molecular flexibility index (Phi) is 4.63. The Morgan fingerprint density at radius 2 is 2.37 bits per heavy atom. The fourth-order valence-corrected chi connectivity index (χ4v) is 1.99. The van der Waals surface area contributed by atoms with Crippen molar-refractivity contribution in [2.45, 2.75) is 25.9 Å². The first kappa shape index (κ1) is 13.7. The first-order chi connectivity index (χ1) is 9.20. The number of nitrogens with two attached hydrogens (primary N) is 1. The van der Waals surface area contributed by atoms with Gasteiger partial charge in [-0.15, -0.1) is 0 Å². The molecule has 2 rings (SSSR count). The van der Waals surface area contributed by atoms with Gasteiger partial charge in [-0.3, -0.25) is 0 Å². The molecule has 0 spiro atoms. The van der Waals surface area contributed by atoms with Crippen LogP contribution < -0.4 is 10.5 Å². The number of nitrogen functional groups attached to an aromatic ring is 1. The smallest absolute Gasteiger partial charge is 0.338 e. The van der Waals surface area contributed by atoms with Crippen LogP contribution in [0.25, 0.3) is 0 Å². The lowest BCUT2D eigenvalue weighted by atomic mass is 10.2. The van der Waals surface area contributed by atoms with E-state index < -0.39 is 0 Å². The lowest BCUT2D eigenvalue weighted by molar-refractivity contribution is 0.0161. The molecule has 0 saturated carbocycles. The monoisotopic (exact) mass is 265 g/mol. The summed E-state index contributed by atoms with van der Waals surface area (Å²) in [6, 6.07) is 4.91. The van der Waals surface area contributed by atoms with Gasteiger partial charge in [0.15, 0.2) is 0 Å². The SMILES string of the molecule is CCOc1ccc(C(=O)OCC2CCCO2)cc1N. The summed E-state index contributed by atoms with van der Waals surface area (Å²) >= 11 is 0. The first-order valence-corrected chi connectivity index (χ1v) is 6.51. The standard InChI is InChI=1S/C14H19NO4/c1-2-17-13-6-5-10(8-12(13)15)14(16)19-9-11-4-3-7-18-11/h5-6,8,11H,2-4,7,9,15H2,1H3. The number of rotatable bonds is 5. The Hall–Kier alpha value is -1.75. The molecule has 0 bridgehead atoms. The van der Waals surface area contributed by atoms with Gasteiger partial charge in [0.1, 0.15) is 12.4 Å². The number of ether oxygens (including phenoxy) is 3. The molecule has 1 unspecified atom stereocenters. The van der Waals surface area contributed by atoms with Gasteiger partial charge in [0, 0.05) is 6.61 Å². The zero-order valence-electron chi connectivity index (χ0n) is 11.1. The van der Waals surface area contributed by atoms with Crippen molar-refractivity contribution >= 4 is 11.7 Å². The molecule has 1 saturated heterocycles. The van der Waals surface area contributed by atoms with Crippen LogP contribution in [-0.4, -0.2) is 31.9 Å². The van der Waals surface area contributed by atoms with E-state index in [2.05, 4.69) is 0 Å². The zero-order chi connectivity index (χ0) is 13.7. The highest BCUT2D eigenvalue weighted by Crippen LogP contribution is 2.23. The molecule has 104 valence electrons. The van der Waals surface area contributed by atoms with Crippen LogP contribution in [0.15, 0.2) is 18.2 Å². The van der Waals surface area contributed by atoms with Crippen molar-refractivity contribution in [2.24, 2.45) is 0 Å². The van der Waals surface area contributed by atoms with E-state index in [-0.39, 0.29) is 12.1 Å². The van der Waals surface area contributed by atoms with Gasteiger partial charge in [-0.05, 0) is 38.0 Å². The fourth-order valence-electron chi connectivity index (χ4n) is 1.99. The van der Waals surface area contributed by atoms with Crippen LogP contribution in [0.5, 0.6) is 5.75 Å². The van der Waals surface area contributed by atoms with E-state index in [0.717, 1.165) is 19.4 Å². The minimum Gasteiger partial charge on any atom is -0.492 e. The quantitative estimate of drug-likeness (QED) is 0.651. The van der Waals surface area contributed by atoms with Gasteiger partial charge in [-0.2, -0.15) is 0 Å². The number of benzene rings is 1. The van der Waals surface area contributed by atoms with E-state index in [4.69, 9.17) is 19.9 Å². The van der Waals surface area contributed by atoms with E-state index in [1.165, 1.54) is 0 Å². The Morgan fingerprint density at radius 1 is 1.53 bits per heavy atom. The molecule has 5 heteroatoms. The summed E-state index contributed by atoms with van der Waals surface area (Å²) in [6.45, 7) is 3.46. The van der Waals surface area contributed by atoms with Crippen molar-refractivity contribution in [3.63, 3.8) is 0 Å². The molecular formula is C14H19NO4. The van der Waals surface area contributed by atoms with Crippen molar-refractivity contribution in [1.82, 2.24) is 0 Å². The molecule has 0 amide bonds. The van der Waals surface area contributed by atoms with Crippen molar-refractivity contribution < 1.29 is 19.0 Å². The third-order valence-corrected chi connectivity index (χ3v) is 2.97. The molecule has 1 fully saturated rings. The van der Waals surface area contributed by atoms with E-state index in [9.17, 15) is 4.79 Å². The topological polar surface area (TPSA) is 70.8 Å². The zero-order valence-corrected chi connectivity index (χ0v) is 11.1. The van der Waals surface area contributed by atoms with Crippen LogP contribution >= 0.6 is 0 Å². The third kappa shape index (κ3) is 3.61. The van der Waals surface area contributed by atoms with Crippen LogP contribution in [0.2, 0.25) is 0 Å². The normalized spacial score (nSPS) is 18.3. The van der Waals surface area contributed by atoms with Gasteiger partial charge in [-0.1, -0.05) is 0 Å². The number of anilines is 1. The van der Waals surface area contributed by atoms with Crippen LogP contribution in [0.4, 0.5) is 5.69 Å². The molecular weight excluding hydrogens is 246 g/mol. The fraction of sp³-hybridized carbons (Fsp3) is 0.500.